The van der Waals surface area contributed by atoms with Crippen LogP contribution in [0, 0.1) is 40.5 Å². The van der Waals surface area contributed by atoms with Crippen molar-refractivity contribution in [2.45, 2.75) is 13.8 Å². The lowest BCUT2D eigenvalue weighted by molar-refractivity contribution is -0.385. The third kappa shape index (κ3) is 14.2. The summed E-state index contributed by atoms with van der Waals surface area (Å²) in [4.78, 5) is 73.4. The molecule has 4 aromatic rings. The molecule has 0 heterocycles. The molecule has 21 heteroatoms. The summed E-state index contributed by atoms with van der Waals surface area (Å²) in [6.07, 6.45) is 0. The van der Waals surface area contributed by atoms with Crippen molar-refractivity contribution < 1.29 is 34.1 Å². The quantitative estimate of drug-likeness (QED) is 0.0933. The second-order valence-corrected chi connectivity index (χ2v) is 10.8. The minimum atomic E-state index is -0.567. The van der Waals surface area contributed by atoms with Crippen LogP contribution in [-0.4, -0.2) is 47.5 Å². The molecule has 0 radical (unpaired) electrons. The molecule has 0 unspecified atom stereocenters. The van der Waals surface area contributed by atoms with Crippen LogP contribution in [0.2, 0.25) is 0 Å². The molecule has 2 amide bonds. The largest absolute Gasteiger partial charge is 0.332 e. The average Bonchev–Trinajstić information content (AvgIpc) is 3.08. The molecule has 19 nitrogen and oxygen atoms in total. The van der Waals surface area contributed by atoms with E-state index in [4.69, 9.17) is 24.4 Å². The number of non-ortho nitro benzene ring substituents is 4. The van der Waals surface area contributed by atoms with Crippen molar-refractivity contribution in [2.75, 3.05) is 10.6 Å². The summed E-state index contributed by atoms with van der Waals surface area (Å²) in [5, 5.41) is 52.5. The summed E-state index contributed by atoms with van der Waals surface area (Å²) in [6.45, 7) is 3.06. The first-order valence-electron chi connectivity index (χ1n) is 14.2. The number of thiocarbonyl (C=S) groups is 2. The molecule has 0 aliphatic carbocycles. The van der Waals surface area contributed by atoms with Crippen molar-refractivity contribution in [1.82, 2.24) is 10.6 Å². The first-order chi connectivity index (χ1) is 24.5. The number of nitro groups is 4. The van der Waals surface area contributed by atoms with Gasteiger partial charge < -0.3 is 15.4 Å². The molecule has 0 aromatic heterocycles. The van der Waals surface area contributed by atoms with Crippen LogP contribution >= 0.6 is 24.4 Å². The molecule has 0 aliphatic rings. The minimum absolute atomic E-state index is 0.00722. The summed E-state index contributed by atoms with van der Waals surface area (Å²) in [6, 6.07) is 21.0. The van der Waals surface area contributed by atoms with Crippen molar-refractivity contribution in [3.05, 3.63) is 149 Å². The Labute approximate surface area is 303 Å². The van der Waals surface area contributed by atoms with E-state index in [2.05, 4.69) is 21.3 Å². The number of carbonyl (C=O) groups excluding carboxylic acids is 3. The normalized spacial score (nSPS) is 9.58. The Balaban J connectivity index is 0.000000327. The molecule has 0 saturated carbocycles. The van der Waals surface area contributed by atoms with Gasteiger partial charge in [-0.25, -0.2) is 0 Å². The number of amides is 2. The van der Waals surface area contributed by atoms with Crippen molar-refractivity contribution in [2.24, 2.45) is 0 Å². The molecule has 0 spiro atoms. The van der Waals surface area contributed by atoms with Gasteiger partial charge in [0.1, 0.15) is 5.78 Å². The predicted octanol–water partition coefficient (Wildman–Crippen LogP) is 5.85. The van der Waals surface area contributed by atoms with Gasteiger partial charge in [-0.05, 0) is 86.8 Å². The third-order valence-corrected chi connectivity index (χ3v) is 6.21. The summed E-state index contributed by atoms with van der Waals surface area (Å²) < 4.78 is 0. The monoisotopic (exact) mass is 750 g/mol. The van der Waals surface area contributed by atoms with Gasteiger partial charge in [-0.15, -0.1) is 0 Å². The lowest BCUT2D eigenvalue weighted by Gasteiger charge is -2.09. The zero-order valence-electron chi connectivity index (χ0n) is 26.8. The number of anilines is 2. The van der Waals surface area contributed by atoms with Gasteiger partial charge in [0.25, 0.3) is 34.6 Å². The molecule has 0 saturated heterocycles. The van der Waals surface area contributed by atoms with Crippen molar-refractivity contribution in [3.8, 4) is 0 Å². The highest BCUT2D eigenvalue weighted by Crippen LogP contribution is 2.17. The van der Waals surface area contributed by atoms with Gasteiger partial charge in [-0.3, -0.25) is 60.7 Å². The number of nitro benzene ring substituents is 4. The molecule has 52 heavy (non-hydrogen) atoms. The van der Waals surface area contributed by atoms with E-state index in [-0.39, 0.29) is 49.9 Å². The van der Waals surface area contributed by atoms with E-state index in [1.165, 1.54) is 111 Å². The van der Waals surface area contributed by atoms with E-state index in [9.17, 15) is 54.8 Å². The number of nitrogens with one attached hydrogen (secondary N) is 4. The maximum absolute atomic E-state index is 12.0. The molecule has 0 fully saturated rings. The fraction of sp³-hybridized carbons (Fsp3) is 0.0645. The SMILES string of the molecule is CC(C)=O.O=C(NC(=S)Nc1ccc([N+](=O)[O-])cc1)c1ccc([N+](=O)[O-])cc1.O=C(NC(=S)Nc1ccc([N+](=O)[O-])cc1)c1ccc([N+](=O)[O-])cc1. The number of rotatable bonds is 8. The zero-order valence-corrected chi connectivity index (χ0v) is 28.5. The van der Waals surface area contributed by atoms with E-state index in [0.29, 0.717) is 11.4 Å². The zero-order chi connectivity index (χ0) is 39.0. The number of benzene rings is 4. The van der Waals surface area contributed by atoms with Gasteiger partial charge in [0.05, 0.1) is 19.7 Å². The Bertz CT molecular complexity index is 1850. The Hall–Kier alpha value is -7.13. The maximum atomic E-state index is 12.0. The van der Waals surface area contributed by atoms with Crippen LogP contribution < -0.4 is 21.3 Å². The van der Waals surface area contributed by atoms with Crippen LogP contribution in [0.1, 0.15) is 34.6 Å². The van der Waals surface area contributed by atoms with Gasteiger partial charge in [0, 0.05) is 71.0 Å². The molecule has 0 atom stereocenters. The number of nitrogens with zero attached hydrogens (tertiary/aromatic N) is 4. The first kappa shape index (κ1) is 41.0. The van der Waals surface area contributed by atoms with Gasteiger partial charge in [0.15, 0.2) is 10.2 Å². The van der Waals surface area contributed by atoms with E-state index < -0.39 is 31.5 Å². The summed E-state index contributed by atoms with van der Waals surface area (Å²) in [5.41, 5.74) is 0.949. The van der Waals surface area contributed by atoms with Gasteiger partial charge in [0.2, 0.25) is 0 Å². The highest BCUT2D eigenvalue weighted by atomic mass is 32.1. The topological polar surface area (TPSA) is 272 Å². The smallest absolute Gasteiger partial charge is 0.269 e. The first-order valence-corrected chi connectivity index (χ1v) is 15.0. The molecular formula is C31H26N8O11S2. The van der Waals surface area contributed by atoms with Gasteiger partial charge in [-0.2, -0.15) is 0 Å². The Morgan fingerprint density at radius 3 is 0.885 bits per heavy atom. The summed E-state index contributed by atoms with van der Waals surface area (Å²) >= 11 is 9.96. The number of ketones is 1. The van der Waals surface area contributed by atoms with Gasteiger partial charge in [-0.1, -0.05) is 0 Å². The molecule has 4 N–H and O–H groups in total. The Morgan fingerprint density at radius 2 is 0.673 bits per heavy atom. The molecule has 0 aliphatic heterocycles. The van der Waals surface area contributed by atoms with E-state index >= 15 is 0 Å². The standard InChI is InChI=1S/2C14H10N4O5S.C3H6O/c2*19-13(9-1-5-11(6-2-9)17(20)21)16-14(24)15-10-3-7-12(8-4-10)18(22)23;1-3(2)4/h2*1-8H,(H2,15,16,19,24);1-2H3. The molecular weight excluding hydrogens is 725 g/mol. The van der Waals surface area contributed by atoms with Crippen molar-refractivity contribution >= 4 is 86.4 Å². The van der Waals surface area contributed by atoms with Crippen molar-refractivity contribution in [3.63, 3.8) is 0 Å². The fourth-order valence-corrected chi connectivity index (χ4v) is 3.90. The highest BCUT2D eigenvalue weighted by Gasteiger charge is 2.13. The lowest BCUT2D eigenvalue weighted by Crippen LogP contribution is -2.34. The molecule has 0 bridgehead atoms. The Kier molecular flexibility index (Phi) is 15.6. The van der Waals surface area contributed by atoms with Crippen LogP contribution in [-0.2, 0) is 4.79 Å². The van der Waals surface area contributed by atoms with Crippen LogP contribution in [0.15, 0.2) is 97.1 Å². The van der Waals surface area contributed by atoms with Gasteiger partial charge >= 0.3 is 0 Å². The number of Topliss-reactive ketones (excluding diaryl/α,β-unsaturated/α-hetero) is 1. The van der Waals surface area contributed by atoms with Crippen LogP contribution in [0.3, 0.4) is 0 Å². The van der Waals surface area contributed by atoms with E-state index in [0.717, 1.165) is 0 Å². The lowest BCUT2D eigenvalue weighted by atomic mass is 10.2. The highest BCUT2D eigenvalue weighted by molar-refractivity contribution is 7.80. The summed E-state index contributed by atoms with van der Waals surface area (Å²) in [7, 11) is 0. The second-order valence-electron chi connectivity index (χ2n) is 9.94. The maximum Gasteiger partial charge on any atom is 0.269 e. The van der Waals surface area contributed by atoms with Crippen LogP contribution in [0.4, 0.5) is 34.1 Å². The van der Waals surface area contributed by atoms with Crippen molar-refractivity contribution in [1.29, 1.82) is 0 Å². The fourth-order valence-electron chi connectivity index (χ4n) is 3.48. The average molecular weight is 751 g/mol. The van der Waals surface area contributed by atoms with E-state index in [1.54, 1.807) is 0 Å². The second kappa shape index (κ2) is 19.8. The van der Waals surface area contributed by atoms with Crippen LogP contribution in [0.5, 0.6) is 0 Å². The number of hydrogen-bond donors (Lipinski definition) is 4. The molecule has 4 aromatic carbocycles. The molecule has 268 valence electrons. The molecule has 4 rings (SSSR count). The minimum Gasteiger partial charge on any atom is -0.332 e. The number of carbonyl (C=O) groups is 3. The van der Waals surface area contributed by atoms with Crippen LogP contribution in [0.25, 0.3) is 0 Å². The Morgan fingerprint density at radius 1 is 0.462 bits per heavy atom. The summed E-state index contributed by atoms with van der Waals surface area (Å²) in [5.74, 6) is -0.909. The number of hydrogen-bond acceptors (Lipinski definition) is 13. The third-order valence-electron chi connectivity index (χ3n) is 5.81. The van der Waals surface area contributed by atoms with E-state index in [1.807, 2.05) is 0 Å². The predicted molar refractivity (Wildman–Crippen MR) is 196 cm³/mol.